The van der Waals surface area contributed by atoms with Gasteiger partial charge in [-0.15, -0.1) is 0 Å². The van der Waals surface area contributed by atoms with Gasteiger partial charge >= 0.3 is 5.97 Å². The Kier molecular flexibility index (Phi) is 4.12. The van der Waals surface area contributed by atoms with Gasteiger partial charge in [0, 0.05) is 11.3 Å². The molecule has 0 bridgehead atoms. The maximum absolute atomic E-state index is 11.9. The number of rotatable bonds is 3. The average Bonchev–Trinajstić information content (AvgIpc) is 2.35. The van der Waals surface area contributed by atoms with Crippen molar-refractivity contribution >= 4 is 17.2 Å². The predicted octanol–water partition coefficient (Wildman–Crippen LogP) is 4.41. The number of benzene rings is 1. The summed E-state index contributed by atoms with van der Waals surface area (Å²) in [4.78, 5) is 14.0. The lowest BCUT2D eigenvalue weighted by atomic mass is 9.84. The molecule has 1 aliphatic rings. The highest BCUT2D eigenvalue weighted by atomic mass is 16.4. The molecular weight excluding hydrogens is 274 g/mol. The highest BCUT2D eigenvalue weighted by Crippen LogP contribution is 2.42. The first-order valence-electron chi connectivity index (χ1n) is 7.89. The third-order valence-electron chi connectivity index (χ3n) is 4.65. The molecule has 120 valence electrons. The summed E-state index contributed by atoms with van der Waals surface area (Å²) in [6.45, 7) is 14.4. The maximum atomic E-state index is 11.9. The first-order chi connectivity index (χ1) is 10.1. The van der Waals surface area contributed by atoms with Crippen LogP contribution in [-0.2, 0) is 4.79 Å². The summed E-state index contributed by atoms with van der Waals surface area (Å²) in [5, 5.41) is 9.78. The zero-order valence-electron chi connectivity index (χ0n) is 14.7. The van der Waals surface area contributed by atoms with Crippen LogP contribution in [0.3, 0.4) is 0 Å². The van der Waals surface area contributed by atoms with Gasteiger partial charge in [0.25, 0.3) is 0 Å². The van der Waals surface area contributed by atoms with Crippen LogP contribution in [0.2, 0.25) is 0 Å². The summed E-state index contributed by atoms with van der Waals surface area (Å²) < 4.78 is 0. The number of aryl methyl sites for hydroxylation is 2. The quantitative estimate of drug-likeness (QED) is 0.898. The van der Waals surface area contributed by atoms with E-state index in [0.717, 1.165) is 11.3 Å². The van der Waals surface area contributed by atoms with E-state index >= 15 is 0 Å². The van der Waals surface area contributed by atoms with Crippen molar-refractivity contribution in [2.24, 2.45) is 5.92 Å². The molecule has 22 heavy (non-hydrogen) atoms. The summed E-state index contributed by atoms with van der Waals surface area (Å²) in [7, 11) is 0. The molecule has 0 fully saturated rings. The van der Waals surface area contributed by atoms with Gasteiger partial charge in [0.05, 0.1) is 5.54 Å². The fourth-order valence-electron chi connectivity index (χ4n) is 3.51. The molecule has 3 heteroatoms. The van der Waals surface area contributed by atoms with Gasteiger partial charge in [-0.2, -0.15) is 0 Å². The first-order valence-corrected chi connectivity index (χ1v) is 7.89. The predicted molar refractivity (Wildman–Crippen MR) is 92.4 cm³/mol. The number of hydrogen-bond donors (Lipinski definition) is 1. The van der Waals surface area contributed by atoms with Gasteiger partial charge in [0.2, 0.25) is 0 Å². The molecule has 0 aliphatic carbocycles. The van der Waals surface area contributed by atoms with E-state index in [1.54, 1.807) is 0 Å². The molecule has 3 nitrogen and oxygen atoms in total. The molecule has 0 saturated heterocycles. The van der Waals surface area contributed by atoms with Gasteiger partial charge in [-0.3, -0.25) is 0 Å². The van der Waals surface area contributed by atoms with Crippen molar-refractivity contribution in [2.45, 2.75) is 60.0 Å². The minimum absolute atomic E-state index is 0.0260. The Morgan fingerprint density at radius 2 is 1.68 bits per heavy atom. The minimum Gasteiger partial charge on any atom is -0.480 e. The van der Waals surface area contributed by atoms with Crippen LogP contribution in [0.5, 0.6) is 0 Å². The number of carboxylic acid groups (broad SMARTS) is 1. The van der Waals surface area contributed by atoms with E-state index in [-0.39, 0.29) is 11.5 Å². The summed E-state index contributed by atoms with van der Waals surface area (Å²) >= 11 is 0. The Bertz CT molecular complexity index is 641. The standard InChI is InChI=1S/C19H27NO2/c1-11(2)17(18(21)22)20-16-9-13(4)12(3)8-15(16)14(5)10-19(20,6)7/h8-11,17H,1-7H3,(H,21,22)/t17-/m1/s1. The van der Waals surface area contributed by atoms with Crippen LogP contribution in [0.1, 0.15) is 51.3 Å². The Hall–Kier alpha value is -1.77. The number of carboxylic acids is 1. The fraction of sp³-hybridized carbons (Fsp3) is 0.526. The Morgan fingerprint density at radius 1 is 1.14 bits per heavy atom. The molecule has 1 aliphatic heterocycles. The van der Waals surface area contributed by atoms with E-state index in [0.29, 0.717) is 0 Å². The van der Waals surface area contributed by atoms with Gasteiger partial charge in [-0.1, -0.05) is 19.9 Å². The van der Waals surface area contributed by atoms with Crippen LogP contribution < -0.4 is 4.90 Å². The van der Waals surface area contributed by atoms with Crippen LogP contribution in [0.25, 0.3) is 5.57 Å². The molecular formula is C19H27NO2. The lowest BCUT2D eigenvalue weighted by Gasteiger charge is -2.47. The number of allylic oxidation sites excluding steroid dienone is 1. The van der Waals surface area contributed by atoms with Crippen molar-refractivity contribution in [2.75, 3.05) is 4.90 Å². The Morgan fingerprint density at radius 3 is 2.18 bits per heavy atom. The summed E-state index contributed by atoms with van der Waals surface area (Å²) in [5.41, 5.74) is 5.51. The maximum Gasteiger partial charge on any atom is 0.326 e. The van der Waals surface area contributed by atoms with Crippen molar-refractivity contribution in [3.8, 4) is 0 Å². The number of aliphatic carboxylic acids is 1. The van der Waals surface area contributed by atoms with Crippen molar-refractivity contribution in [3.63, 3.8) is 0 Å². The van der Waals surface area contributed by atoms with Crippen molar-refractivity contribution in [1.29, 1.82) is 0 Å². The molecule has 1 atom stereocenters. The lowest BCUT2D eigenvalue weighted by molar-refractivity contribution is -0.140. The average molecular weight is 301 g/mol. The summed E-state index contributed by atoms with van der Waals surface area (Å²) in [6.07, 6.45) is 2.18. The number of nitrogens with zero attached hydrogens (tertiary/aromatic N) is 1. The Balaban J connectivity index is 2.73. The molecule has 1 aromatic carbocycles. The van der Waals surface area contributed by atoms with Gasteiger partial charge in [-0.05, 0) is 69.4 Å². The van der Waals surface area contributed by atoms with E-state index in [1.807, 2.05) is 13.8 Å². The highest BCUT2D eigenvalue weighted by Gasteiger charge is 2.40. The first kappa shape index (κ1) is 16.6. The lowest BCUT2D eigenvalue weighted by Crippen LogP contribution is -2.56. The highest BCUT2D eigenvalue weighted by molar-refractivity contribution is 5.87. The SMILES string of the molecule is CC1=CC(C)(C)N([C@@H](C(=O)O)C(C)C)c2cc(C)c(C)cc21. The van der Waals surface area contributed by atoms with Gasteiger partial charge in [0.1, 0.15) is 6.04 Å². The molecule has 0 spiro atoms. The van der Waals surface area contributed by atoms with Crippen LogP contribution in [0.15, 0.2) is 18.2 Å². The van der Waals surface area contributed by atoms with Crippen molar-refractivity contribution in [1.82, 2.24) is 0 Å². The second kappa shape index (κ2) is 5.45. The second-order valence-electron chi connectivity index (χ2n) is 7.33. The smallest absolute Gasteiger partial charge is 0.326 e. The second-order valence-corrected chi connectivity index (χ2v) is 7.33. The molecule has 2 rings (SSSR count). The van der Waals surface area contributed by atoms with E-state index in [9.17, 15) is 9.90 Å². The summed E-state index contributed by atoms with van der Waals surface area (Å²) in [5.74, 6) is -0.738. The van der Waals surface area contributed by atoms with Crippen LogP contribution in [-0.4, -0.2) is 22.7 Å². The molecule has 1 N–H and O–H groups in total. The molecule has 0 unspecified atom stereocenters. The minimum atomic E-state index is -0.764. The van der Waals surface area contributed by atoms with Gasteiger partial charge < -0.3 is 10.0 Å². The van der Waals surface area contributed by atoms with E-state index in [4.69, 9.17) is 0 Å². The number of anilines is 1. The van der Waals surface area contributed by atoms with Gasteiger partial charge in [0.15, 0.2) is 0 Å². The van der Waals surface area contributed by atoms with Crippen molar-refractivity contribution < 1.29 is 9.90 Å². The van der Waals surface area contributed by atoms with E-state index in [2.05, 4.69) is 57.7 Å². The largest absolute Gasteiger partial charge is 0.480 e. The molecule has 0 saturated carbocycles. The van der Waals surface area contributed by atoms with E-state index in [1.165, 1.54) is 16.7 Å². The topological polar surface area (TPSA) is 40.5 Å². The number of hydrogen-bond acceptors (Lipinski definition) is 2. The number of carbonyl (C=O) groups is 1. The van der Waals surface area contributed by atoms with Crippen molar-refractivity contribution in [3.05, 3.63) is 34.9 Å². The Labute approximate surface area is 133 Å². The van der Waals surface area contributed by atoms with Crippen LogP contribution in [0, 0.1) is 19.8 Å². The molecule has 1 aromatic rings. The monoisotopic (exact) mass is 301 g/mol. The normalized spacial score (nSPS) is 18.0. The summed E-state index contributed by atoms with van der Waals surface area (Å²) in [6, 6.07) is 3.78. The molecule has 1 heterocycles. The van der Waals surface area contributed by atoms with Crippen LogP contribution in [0.4, 0.5) is 5.69 Å². The zero-order chi connectivity index (χ0) is 16.8. The molecule has 0 radical (unpaired) electrons. The molecule has 0 amide bonds. The third-order valence-corrected chi connectivity index (χ3v) is 4.65. The van der Waals surface area contributed by atoms with E-state index < -0.39 is 12.0 Å². The van der Waals surface area contributed by atoms with Crippen LogP contribution >= 0.6 is 0 Å². The fourth-order valence-corrected chi connectivity index (χ4v) is 3.51. The van der Waals surface area contributed by atoms with Gasteiger partial charge in [-0.25, -0.2) is 4.79 Å². The zero-order valence-corrected chi connectivity index (χ0v) is 14.7. The molecule has 0 aromatic heterocycles. The third kappa shape index (κ3) is 2.65. The number of fused-ring (bicyclic) bond motifs is 1.